The number of benzene rings is 2. The van der Waals surface area contributed by atoms with Gasteiger partial charge in [0.1, 0.15) is 12.4 Å². The number of ether oxygens (including phenoxy) is 1. The van der Waals surface area contributed by atoms with Crippen LogP contribution in [0.5, 0.6) is 0 Å². The molecule has 0 saturated heterocycles. The van der Waals surface area contributed by atoms with Crippen LogP contribution in [0.1, 0.15) is 30.5 Å². The number of nitrogens with zero attached hydrogens (tertiary/aromatic N) is 1. The number of hydrogen-bond acceptors (Lipinski definition) is 4. The minimum Gasteiger partial charge on any atom is -0.461 e. The second kappa shape index (κ2) is 8.80. The summed E-state index contributed by atoms with van der Waals surface area (Å²) in [5.74, 6) is -1.14. The number of esters is 1. The number of hydrogen-bond donors (Lipinski definition) is 1. The molecule has 1 amide bonds. The molecule has 1 aromatic heterocycles. The number of carbonyl (C=O) groups excluding carboxylic acids is 2. The monoisotopic (exact) mass is 400 g/mol. The minimum atomic E-state index is -0.537. The summed E-state index contributed by atoms with van der Waals surface area (Å²) in [5.41, 5.74) is 1.80. The Morgan fingerprint density at radius 3 is 2.64 bits per heavy atom. The molecule has 0 unspecified atom stereocenters. The van der Waals surface area contributed by atoms with Crippen LogP contribution in [0.3, 0.4) is 0 Å². The summed E-state index contributed by atoms with van der Waals surface area (Å²) in [7, 11) is 0. The van der Waals surface area contributed by atoms with Crippen molar-refractivity contribution in [2.45, 2.75) is 26.0 Å². The fourth-order valence-electron chi connectivity index (χ4n) is 2.89. The van der Waals surface area contributed by atoms with Gasteiger partial charge in [0.25, 0.3) is 0 Å². The lowest BCUT2D eigenvalue weighted by Crippen LogP contribution is -2.28. The Labute approximate surface area is 166 Å². The van der Waals surface area contributed by atoms with Crippen LogP contribution >= 0.6 is 11.6 Å². The van der Waals surface area contributed by atoms with Gasteiger partial charge in [0.05, 0.1) is 18.0 Å². The molecule has 0 saturated carbocycles. The number of rotatable bonds is 6. The number of amides is 1. The molecule has 0 aliphatic rings. The van der Waals surface area contributed by atoms with Crippen LogP contribution in [0.15, 0.2) is 54.7 Å². The molecule has 0 spiro atoms. The standard InChI is InChI=1S/C21H18ClFN2O3/c1-13(26)25-19(14-4-7-16(22)8-5-14)11-20(27)28-12-15-6-9-18(23)17-3-2-10-24-21(15)17/h2-10,19H,11-12H2,1H3,(H,25,26)/t19-/m0/s1. The number of halogens is 2. The van der Waals surface area contributed by atoms with Crippen molar-refractivity contribution >= 4 is 34.4 Å². The van der Waals surface area contributed by atoms with E-state index in [0.717, 1.165) is 5.56 Å². The molecule has 3 rings (SSSR count). The first-order valence-corrected chi connectivity index (χ1v) is 9.02. The van der Waals surface area contributed by atoms with Crippen molar-refractivity contribution in [2.75, 3.05) is 0 Å². The molecule has 1 heterocycles. The van der Waals surface area contributed by atoms with E-state index in [1.165, 1.54) is 13.0 Å². The number of pyridine rings is 1. The molecule has 3 aromatic rings. The number of carbonyl (C=O) groups is 2. The Kier molecular flexibility index (Phi) is 6.21. The molecule has 1 N–H and O–H groups in total. The van der Waals surface area contributed by atoms with Gasteiger partial charge < -0.3 is 10.1 Å². The smallest absolute Gasteiger partial charge is 0.308 e. The summed E-state index contributed by atoms with van der Waals surface area (Å²) in [6, 6.07) is 12.5. The molecule has 0 aliphatic carbocycles. The normalized spacial score (nSPS) is 11.8. The SMILES string of the molecule is CC(=O)N[C@@H](CC(=O)OCc1ccc(F)c2cccnc12)c1ccc(Cl)cc1. The fourth-order valence-corrected chi connectivity index (χ4v) is 3.02. The molecular formula is C21H18ClFN2O3. The molecule has 144 valence electrons. The first kappa shape index (κ1) is 19.8. The van der Waals surface area contributed by atoms with Crippen LogP contribution in [-0.2, 0) is 20.9 Å². The third kappa shape index (κ3) is 4.84. The zero-order chi connectivity index (χ0) is 20.1. The van der Waals surface area contributed by atoms with Crippen molar-refractivity contribution in [3.05, 3.63) is 76.7 Å². The average Bonchev–Trinajstić information content (AvgIpc) is 2.67. The molecule has 2 aromatic carbocycles. The molecular weight excluding hydrogens is 383 g/mol. The number of aromatic nitrogens is 1. The van der Waals surface area contributed by atoms with Crippen LogP contribution in [0.4, 0.5) is 4.39 Å². The maximum Gasteiger partial charge on any atom is 0.308 e. The van der Waals surface area contributed by atoms with Gasteiger partial charge in [-0.25, -0.2) is 4.39 Å². The van der Waals surface area contributed by atoms with Crippen molar-refractivity contribution < 1.29 is 18.7 Å². The lowest BCUT2D eigenvalue weighted by atomic mass is 10.0. The van der Waals surface area contributed by atoms with Gasteiger partial charge in [-0.1, -0.05) is 29.8 Å². The summed E-state index contributed by atoms with van der Waals surface area (Å²) in [5, 5.41) is 3.66. The van der Waals surface area contributed by atoms with Crippen LogP contribution in [0.2, 0.25) is 5.02 Å². The lowest BCUT2D eigenvalue weighted by molar-refractivity contribution is -0.145. The molecule has 7 heteroatoms. The second-order valence-electron chi connectivity index (χ2n) is 6.28. The van der Waals surface area contributed by atoms with E-state index in [9.17, 15) is 14.0 Å². The van der Waals surface area contributed by atoms with E-state index in [4.69, 9.17) is 16.3 Å². The highest BCUT2D eigenvalue weighted by Gasteiger charge is 2.19. The van der Waals surface area contributed by atoms with Crippen molar-refractivity contribution in [1.29, 1.82) is 0 Å². The Bertz CT molecular complexity index is 1010. The molecule has 0 aliphatic heterocycles. The summed E-state index contributed by atoms with van der Waals surface area (Å²) >= 11 is 5.89. The molecule has 1 atom stereocenters. The zero-order valence-corrected chi connectivity index (χ0v) is 15.9. The van der Waals surface area contributed by atoms with E-state index in [-0.39, 0.29) is 24.8 Å². The number of nitrogens with one attached hydrogen (secondary N) is 1. The maximum atomic E-state index is 13.9. The fraction of sp³-hybridized carbons (Fsp3) is 0.190. The van der Waals surface area contributed by atoms with Gasteiger partial charge in [0, 0.05) is 29.1 Å². The Morgan fingerprint density at radius 2 is 1.93 bits per heavy atom. The van der Waals surface area contributed by atoms with Crippen LogP contribution in [0.25, 0.3) is 10.9 Å². The Hall–Kier alpha value is -2.99. The molecule has 0 radical (unpaired) electrons. The highest BCUT2D eigenvalue weighted by molar-refractivity contribution is 6.30. The Balaban J connectivity index is 1.71. The minimum absolute atomic E-state index is 0.0416. The summed E-state index contributed by atoms with van der Waals surface area (Å²) in [6.45, 7) is 1.34. The predicted molar refractivity (Wildman–Crippen MR) is 104 cm³/mol. The average molecular weight is 401 g/mol. The summed E-state index contributed by atoms with van der Waals surface area (Å²) in [6.07, 6.45) is 1.51. The van der Waals surface area contributed by atoms with E-state index in [1.54, 1.807) is 48.7 Å². The lowest BCUT2D eigenvalue weighted by Gasteiger charge is -2.18. The van der Waals surface area contributed by atoms with E-state index in [0.29, 0.717) is 21.5 Å². The highest BCUT2D eigenvalue weighted by Crippen LogP contribution is 2.22. The van der Waals surface area contributed by atoms with Crippen molar-refractivity contribution in [1.82, 2.24) is 10.3 Å². The van der Waals surface area contributed by atoms with Crippen LogP contribution in [-0.4, -0.2) is 16.9 Å². The van der Waals surface area contributed by atoms with Gasteiger partial charge in [-0.15, -0.1) is 0 Å². The van der Waals surface area contributed by atoms with Gasteiger partial charge in [-0.3, -0.25) is 14.6 Å². The van der Waals surface area contributed by atoms with Gasteiger partial charge >= 0.3 is 5.97 Å². The first-order valence-electron chi connectivity index (χ1n) is 8.64. The van der Waals surface area contributed by atoms with Crippen LogP contribution < -0.4 is 5.32 Å². The third-order valence-electron chi connectivity index (χ3n) is 4.21. The molecule has 0 fully saturated rings. The topological polar surface area (TPSA) is 68.3 Å². The predicted octanol–water partition coefficient (Wildman–Crippen LogP) is 4.34. The van der Waals surface area contributed by atoms with Gasteiger partial charge in [0.2, 0.25) is 5.91 Å². The highest BCUT2D eigenvalue weighted by atomic mass is 35.5. The van der Waals surface area contributed by atoms with E-state index in [2.05, 4.69) is 10.3 Å². The van der Waals surface area contributed by atoms with Gasteiger partial charge in [-0.2, -0.15) is 0 Å². The number of fused-ring (bicyclic) bond motifs is 1. The van der Waals surface area contributed by atoms with E-state index >= 15 is 0 Å². The van der Waals surface area contributed by atoms with Gasteiger partial charge in [0.15, 0.2) is 0 Å². The maximum absolute atomic E-state index is 13.9. The van der Waals surface area contributed by atoms with Gasteiger partial charge in [-0.05, 0) is 35.9 Å². The largest absolute Gasteiger partial charge is 0.461 e. The van der Waals surface area contributed by atoms with E-state index in [1.807, 2.05) is 0 Å². The first-order chi connectivity index (χ1) is 13.4. The van der Waals surface area contributed by atoms with Crippen molar-refractivity contribution in [2.24, 2.45) is 0 Å². The summed E-state index contributed by atoms with van der Waals surface area (Å²) < 4.78 is 19.2. The van der Waals surface area contributed by atoms with E-state index < -0.39 is 12.0 Å². The molecule has 28 heavy (non-hydrogen) atoms. The molecule has 5 nitrogen and oxygen atoms in total. The quantitative estimate of drug-likeness (QED) is 0.625. The molecule has 0 bridgehead atoms. The van der Waals surface area contributed by atoms with Crippen LogP contribution in [0, 0.1) is 5.82 Å². The zero-order valence-electron chi connectivity index (χ0n) is 15.1. The van der Waals surface area contributed by atoms with Crippen molar-refractivity contribution in [3.8, 4) is 0 Å². The van der Waals surface area contributed by atoms with Crippen molar-refractivity contribution in [3.63, 3.8) is 0 Å². The second-order valence-corrected chi connectivity index (χ2v) is 6.71. The third-order valence-corrected chi connectivity index (χ3v) is 4.46. The summed E-state index contributed by atoms with van der Waals surface area (Å²) in [4.78, 5) is 28.0. The Morgan fingerprint density at radius 1 is 1.18 bits per heavy atom.